The van der Waals surface area contributed by atoms with Crippen LogP contribution in [0.25, 0.3) is 0 Å². The number of amides is 1. The van der Waals surface area contributed by atoms with Crippen LogP contribution in [0.15, 0.2) is 0 Å². The number of rotatable bonds is 4. The van der Waals surface area contributed by atoms with E-state index in [1.54, 1.807) is 0 Å². The van der Waals surface area contributed by atoms with Gasteiger partial charge in [-0.15, -0.1) is 0 Å². The summed E-state index contributed by atoms with van der Waals surface area (Å²) in [5.74, 6) is 0.0983. The number of carbonyl (C=O) groups is 2. The van der Waals surface area contributed by atoms with Crippen molar-refractivity contribution in [2.45, 2.75) is 44.9 Å². The van der Waals surface area contributed by atoms with E-state index in [-0.39, 0.29) is 17.7 Å². The molecule has 2 saturated carbocycles. The average Bonchev–Trinajstić information content (AvgIpc) is 3.19. The van der Waals surface area contributed by atoms with E-state index in [1.165, 1.54) is 0 Å². The molecular weight excluding hydrogens is 268 g/mol. The van der Waals surface area contributed by atoms with Gasteiger partial charge in [-0.25, -0.2) is 0 Å². The second-order valence-electron chi connectivity index (χ2n) is 7.17. The second kappa shape index (κ2) is 5.95. The van der Waals surface area contributed by atoms with E-state index >= 15 is 0 Å². The largest absolute Gasteiger partial charge is 0.481 e. The summed E-state index contributed by atoms with van der Waals surface area (Å²) in [5.41, 5.74) is 0.302. The van der Waals surface area contributed by atoms with Gasteiger partial charge in [0, 0.05) is 12.5 Å². The van der Waals surface area contributed by atoms with Crippen LogP contribution in [0.4, 0.5) is 0 Å². The topological polar surface area (TPSA) is 78.4 Å². The highest BCUT2D eigenvalue weighted by molar-refractivity contribution is 5.82. The molecule has 5 nitrogen and oxygen atoms in total. The van der Waals surface area contributed by atoms with Crippen LogP contribution < -0.4 is 10.6 Å². The fourth-order valence-electron chi connectivity index (χ4n) is 4.18. The number of nitrogens with one attached hydrogen (secondary N) is 2. The minimum atomic E-state index is -0.664. The molecule has 1 spiro atoms. The summed E-state index contributed by atoms with van der Waals surface area (Å²) in [7, 11) is 0. The van der Waals surface area contributed by atoms with Crippen molar-refractivity contribution in [2.75, 3.05) is 19.6 Å². The maximum absolute atomic E-state index is 12.3. The fourth-order valence-corrected chi connectivity index (χ4v) is 4.18. The Bertz CT molecular complexity index is 410. The highest BCUT2D eigenvalue weighted by Gasteiger charge is 2.57. The zero-order valence-electron chi connectivity index (χ0n) is 12.6. The van der Waals surface area contributed by atoms with E-state index in [1.807, 2.05) is 0 Å². The standard InChI is InChI=1S/C16H26N2O3/c19-14(13-9-16(13)5-7-17-8-6-16)18-10-11-1-3-12(4-2-11)15(20)21/h11-13,17H,1-10H2,(H,18,19)(H,20,21). The molecule has 0 aromatic rings. The molecule has 3 fully saturated rings. The molecule has 0 aromatic heterocycles. The van der Waals surface area contributed by atoms with Crippen molar-refractivity contribution in [1.29, 1.82) is 0 Å². The van der Waals surface area contributed by atoms with Crippen LogP contribution in [0.5, 0.6) is 0 Å². The highest BCUT2D eigenvalue weighted by Crippen LogP contribution is 2.58. The van der Waals surface area contributed by atoms with Crippen LogP contribution in [-0.4, -0.2) is 36.6 Å². The number of aliphatic carboxylic acids is 1. The molecule has 21 heavy (non-hydrogen) atoms. The number of piperidine rings is 1. The Kier molecular flexibility index (Phi) is 4.20. The van der Waals surface area contributed by atoms with E-state index in [4.69, 9.17) is 5.11 Å². The minimum absolute atomic E-state index is 0.168. The van der Waals surface area contributed by atoms with Crippen LogP contribution in [0, 0.1) is 23.2 Å². The average molecular weight is 294 g/mol. The van der Waals surface area contributed by atoms with Gasteiger partial charge >= 0.3 is 5.97 Å². The monoisotopic (exact) mass is 294 g/mol. The summed E-state index contributed by atoms with van der Waals surface area (Å²) in [6.45, 7) is 2.82. The summed E-state index contributed by atoms with van der Waals surface area (Å²) < 4.78 is 0. The third kappa shape index (κ3) is 3.23. The predicted octanol–water partition coefficient (Wildman–Crippen LogP) is 1.38. The first-order chi connectivity index (χ1) is 10.1. The van der Waals surface area contributed by atoms with Gasteiger partial charge in [0.2, 0.25) is 5.91 Å². The summed E-state index contributed by atoms with van der Waals surface area (Å²) in [6, 6.07) is 0. The maximum atomic E-state index is 12.3. The van der Waals surface area contributed by atoms with Crippen LogP contribution in [0.2, 0.25) is 0 Å². The molecule has 1 amide bonds. The lowest BCUT2D eigenvalue weighted by Gasteiger charge is -2.27. The van der Waals surface area contributed by atoms with E-state index in [2.05, 4.69) is 10.6 Å². The van der Waals surface area contributed by atoms with Crippen LogP contribution >= 0.6 is 0 Å². The van der Waals surface area contributed by atoms with Crippen molar-refractivity contribution in [3.05, 3.63) is 0 Å². The van der Waals surface area contributed by atoms with Crippen LogP contribution in [0.3, 0.4) is 0 Å². The van der Waals surface area contributed by atoms with Crippen molar-refractivity contribution in [2.24, 2.45) is 23.2 Å². The van der Waals surface area contributed by atoms with Gasteiger partial charge in [0.25, 0.3) is 0 Å². The lowest BCUT2D eigenvalue weighted by atomic mass is 9.82. The zero-order chi connectivity index (χ0) is 14.9. The van der Waals surface area contributed by atoms with Crippen molar-refractivity contribution < 1.29 is 14.7 Å². The Balaban J connectivity index is 1.38. The molecule has 1 heterocycles. The van der Waals surface area contributed by atoms with E-state index < -0.39 is 5.97 Å². The SMILES string of the molecule is O=C(O)C1CCC(CNC(=O)C2CC23CCNCC3)CC1. The third-order valence-corrected chi connectivity index (χ3v) is 5.87. The van der Waals surface area contributed by atoms with Crippen LogP contribution in [-0.2, 0) is 9.59 Å². The molecule has 118 valence electrons. The molecular formula is C16H26N2O3. The molecule has 0 bridgehead atoms. The lowest BCUT2D eigenvalue weighted by molar-refractivity contribution is -0.143. The highest BCUT2D eigenvalue weighted by atomic mass is 16.4. The maximum Gasteiger partial charge on any atom is 0.306 e. The number of hydrogen-bond acceptors (Lipinski definition) is 3. The summed E-state index contributed by atoms with van der Waals surface area (Å²) in [6.07, 6.45) is 6.70. The van der Waals surface area contributed by atoms with Gasteiger partial charge in [0.05, 0.1) is 5.92 Å². The van der Waals surface area contributed by atoms with Gasteiger partial charge < -0.3 is 15.7 Å². The van der Waals surface area contributed by atoms with Gasteiger partial charge in [-0.05, 0) is 69.4 Å². The summed E-state index contributed by atoms with van der Waals surface area (Å²) >= 11 is 0. The van der Waals surface area contributed by atoms with Gasteiger partial charge in [-0.3, -0.25) is 9.59 Å². The molecule has 3 aliphatic rings. The molecule has 1 atom stereocenters. The molecule has 1 saturated heterocycles. The quantitative estimate of drug-likeness (QED) is 0.732. The molecule has 5 heteroatoms. The Morgan fingerprint density at radius 1 is 1.14 bits per heavy atom. The first-order valence-corrected chi connectivity index (χ1v) is 8.32. The van der Waals surface area contributed by atoms with E-state index in [0.29, 0.717) is 11.3 Å². The van der Waals surface area contributed by atoms with Gasteiger partial charge in [0.15, 0.2) is 0 Å². The second-order valence-corrected chi connectivity index (χ2v) is 7.17. The summed E-state index contributed by atoms with van der Waals surface area (Å²) in [5, 5.41) is 15.5. The van der Waals surface area contributed by atoms with Gasteiger partial charge in [-0.1, -0.05) is 0 Å². The molecule has 2 aliphatic carbocycles. The molecule has 1 aliphatic heterocycles. The van der Waals surface area contributed by atoms with Crippen molar-refractivity contribution >= 4 is 11.9 Å². The molecule has 0 radical (unpaired) electrons. The first-order valence-electron chi connectivity index (χ1n) is 8.32. The Labute approximate surface area is 125 Å². The summed E-state index contributed by atoms with van der Waals surface area (Å²) in [4.78, 5) is 23.2. The smallest absolute Gasteiger partial charge is 0.306 e. The van der Waals surface area contributed by atoms with Crippen molar-refractivity contribution in [1.82, 2.24) is 10.6 Å². The molecule has 1 unspecified atom stereocenters. The third-order valence-electron chi connectivity index (χ3n) is 5.87. The molecule has 3 N–H and O–H groups in total. The Hall–Kier alpha value is -1.10. The fraction of sp³-hybridized carbons (Fsp3) is 0.875. The minimum Gasteiger partial charge on any atom is -0.481 e. The first kappa shape index (κ1) is 14.8. The number of carbonyl (C=O) groups excluding carboxylic acids is 1. The van der Waals surface area contributed by atoms with Crippen LogP contribution in [0.1, 0.15) is 44.9 Å². The van der Waals surface area contributed by atoms with E-state index in [0.717, 1.165) is 64.6 Å². The number of carboxylic acid groups (broad SMARTS) is 1. The molecule has 3 rings (SSSR count). The molecule has 0 aromatic carbocycles. The Morgan fingerprint density at radius 2 is 1.81 bits per heavy atom. The Morgan fingerprint density at radius 3 is 2.43 bits per heavy atom. The van der Waals surface area contributed by atoms with Crippen molar-refractivity contribution in [3.63, 3.8) is 0 Å². The van der Waals surface area contributed by atoms with E-state index in [9.17, 15) is 9.59 Å². The normalized spacial score (nSPS) is 34.4. The number of hydrogen-bond donors (Lipinski definition) is 3. The van der Waals surface area contributed by atoms with Crippen molar-refractivity contribution in [3.8, 4) is 0 Å². The lowest BCUT2D eigenvalue weighted by Crippen LogP contribution is -2.36. The number of carboxylic acids is 1. The van der Waals surface area contributed by atoms with Gasteiger partial charge in [-0.2, -0.15) is 0 Å². The predicted molar refractivity (Wildman–Crippen MR) is 78.7 cm³/mol. The van der Waals surface area contributed by atoms with Gasteiger partial charge in [0.1, 0.15) is 0 Å². The zero-order valence-corrected chi connectivity index (χ0v) is 12.6.